The Labute approximate surface area is 168 Å². The molecule has 6 rings (SSSR count). The van der Waals surface area contributed by atoms with E-state index in [0.29, 0.717) is 27.0 Å². The highest BCUT2D eigenvalue weighted by atomic mass is 35.5. The summed E-state index contributed by atoms with van der Waals surface area (Å²) in [5, 5.41) is 10.2. The third-order valence-corrected chi connectivity index (χ3v) is 7.14. The smallest absolute Gasteiger partial charge is 0.203 e. The summed E-state index contributed by atoms with van der Waals surface area (Å²) in [6.07, 6.45) is 9.45. The SMILES string of the molecule is CC12CCC(c3nnc4c(Oc5ccc(Cl)cc5Cl)cccn34)(CC1)CC2. The maximum atomic E-state index is 6.27. The van der Waals surface area contributed by atoms with Gasteiger partial charge in [0.05, 0.1) is 5.02 Å². The average Bonchev–Trinajstić information content (AvgIpc) is 3.11. The molecule has 2 aromatic heterocycles. The van der Waals surface area contributed by atoms with Crippen molar-refractivity contribution in [1.82, 2.24) is 14.6 Å². The lowest BCUT2D eigenvalue weighted by Crippen LogP contribution is -2.43. The fourth-order valence-electron chi connectivity index (χ4n) is 4.72. The van der Waals surface area contributed by atoms with E-state index in [4.69, 9.17) is 27.9 Å². The summed E-state index contributed by atoms with van der Waals surface area (Å²) in [5.74, 6) is 2.28. The Kier molecular flexibility index (Phi) is 3.92. The summed E-state index contributed by atoms with van der Waals surface area (Å²) in [6.45, 7) is 2.43. The van der Waals surface area contributed by atoms with Crippen LogP contribution >= 0.6 is 23.2 Å². The normalized spacial score (nSPS) is 27.2. The van der Waals surface area contributed by atoms with Crippen LogP contribution in [0.3, 0.4) is 0 Å². The van der Waals surface area contributed by atoms with Crippen LogP contribution in [0.2, 0.25) is 10.0 Å². The molecule has 0 unspecified atom stereocenters. The number of ether oxygens (including phenoxy) is 1. The molecule has 27 heavy (non-hydrogen) atoms. The average molecular weight is 402 g/mol. The molecular formula is C21H21Cl2N3O. The van der Waals surface area contributed by atoms with Crippen molar-refractivity contribution < 1.29 is 4.74 Å². The van der Waals surface area contributed by atoms with E-state index in [9.17, 15) is 0 Å². The molecule has 140 valence electrons. The first-order valence-corrected chi connectivity index (χ1v) is 10.2. The predicted molar refractivity (Wildman–Crippen MR) is 107 cm³/mol. The minimum absolute atomic E-state index is 0.147. The van der Waals surface area contributed by atoms with E-state index in [1.54, 1.807) is 18.2 Å². The minimum atomic E-state index is 0.147. The molecule has 0 spiro atoms. The largest absolute Gasteiger partial charge is 0.452 e. The maximum absolute atomic E-state index is 6.27. The van der Waals surface area contributed by atoms with Crippen molar-refractivity contribution in [2.24, 2.45) is 5.41 Å². The summed E-state index contributed by atoms with van der Waals surface area (Å²) < 4.78 is 8.16. The number of hydrogen-bond donors (Lipinski definition) is 0. The highest BCUT2D eigenvalue weighted by Gasteiger charge is 2.49. The molecule has 3 saturated carbocycles. The van der Waals surface area contributed by atoms with Gasteiger partial charge in [-0.3, -0.25) is 4.40 Å². The van der Waals surface area contributed by atoms with Crippen molar-refractivity contribution in [2.45, 2.75) is 50.9 Å². The van der Waals surface area contributed by atoms with E-state index in [1.165, 1.54) is 38.5 Å². The molecule has 0 atom stereocenters. The summed E-state index contributed by atoms with van der Waals surface area (Å²) in [5.41, 5.74) is 1.40. The number of halogens is 2. The van der Waals surface area contributed by atoms with Crippen LogP contribution in [-0.2, 0) is 5.41 Å². The lowest BCUT2D eigenvalue weighted by molar-refractivity contribution is 0.0501. The second-order valence-corrected chi connectivity index (χ2v) is 9.20. The van der Waals surface area contributed by atoms with Gasteiger partial charge in [0.25, 0.3) is 0 Å². The molecular weight excluding hydrogens is 381 g/mol. The number of rotatable bonds is 3. The van der Waals surface area contributed by atoms with Gasteiger partial charge in [0.1, 0.15) is 11.6 Å². The van der Waals surface area contributed by atoms with Crippen LogP contribution in [0, 0.1) is 5.41 Å². The van der Waals surface area contributed by atoms with E-state index in [2.05, 4.69) is 21.5 Å². The third kappa shape index (κ3) is 2.81. The Hall–Kier alpha value is -1.78. The van der Waals surface area contributed by atoms with Gasteiger partial charge < -0.3 is 4.74 Å². The highest BCUT2D eigenvalue weighted by Crippen LogP contribution is 2.57. The molecule has 0 N–H and O–H groups in total. The monoisotopic (exact) mass is 401 g/mol. The Balaban J connectivity index is 1.54. The molecule has 1 aromatic carbocycles. The van der Waals surface area contributed by atoms with Crippen LogP contribution in [0.5, 0.6) is 11.5 Å². The van der Waals surface area contributed by atoms with Gasteiger partial charge in [-0.15, -0.1) is 10.2 Å². The number of fused-ring (bicyclic) bond motifs is 4. The van der Waals surface area contributed by atoms with Crippen LogP contribution in [0.4, 0.5) is 0 Å². The van der Waals surface area contributed by atoms with E-state index >= 15 is 0 Å². The van der Waals surface area contributed by atoms with E-state index in [-0.39, 0.29) is 5.41 Å². The molecule has 2 bridgehead atoms. The molecule has 0 aliphatic heterocycles. The van der Waals surface area contributed by atoms with Gasteiger partial charge in [0, 0.05) is 16.6 Å². The number of hydrogen-bond acceptors (Lipinski definition) is 3. The van der Waals surface area contributed by atoms with E-state index in [1.807, 2.05) is 18.3 Å². The van der Waals surface area contributed by atoms with Crippen LogP contribution in [0.1, 0.15) is 51.3 Å². The first kappa shape index (κ1) is 17.3. The van der Waals surface area contributed by atoms with Gasteiger partial charge in [-0.25, -0.2) is 0 Å². The van der Waals surface area contributed by atoms with Crippen molar-refractivity contribution in [3.63, 3.8) is 0 Å². The van der Waals surface area contributed by atoms with Crippen molar-refractivity contribution in [3.05, 3.63) is 52.4 Å². The summed E-state index contributed by atoms with van der Waals surface area (Å²) in [6, 6.07) is 9.08. The predicted octanol–water partition coefficient (Wildman–Crippen LogP) is 6.44. The Bertz CT molecular complexity index is 1000. The summed E-state index contributed by atoms with van der Waals surface area (Å²) in [4.78, 5) is 0. The summed E-state index contributed by atoms with van der Waals surface area (Å²) >= 11 is 12.3. The lowest BCUT2D eigenvalue weighted by Gasteiger charge is -2.51. The number of benzene rings is 1. The van der Waals surface area contributed by atoms with Gasteiger partial charge >= 0.3 is 0 Å². The Morgan fingerprint density at radius 2 is 1.70 bits per heavy atom. The number of aromatic nitrogens is 3. The summed E-state index contributed by atoms with van der Waals surface area (Å²) in [7, 11) is 0. The number of nitrogens with zero attached hydrogens (tertiary/aromatic N) is 3. The molecule has 3 aliphatic rings. The molecule has 3 fully saturated rings. The first-order valence-electron chi connectivity index (χ1n) is 9.45. The van der Waals surface area contributed by atoms with Crippen LogP contribution in [-0.4, -0.2) is 14.6 Å². The molecule has 3 aromatic rings. The van der Waals surface area contributed by atoms with Gasteiger partial charge in [0.2, 0.25) is 5.65 Å². The lowest BCUT2D eigenvalue weighted by atomic mass is 9.54. The van der Waals surface area contributed by atoms with Gasteiger partial charge in [-0.05, 0) is 74.3 Å². The standard InChI is InChI=1S/C21H21Cl2N3O/c1-20-6-9-21(10-7-20,11-8-20)19-25-24-18-17(3-2-12-26(18)19)27-16-5-4-14(22)13-15(16)23/h2-5,12-13H,6-11H2,1H3. The molecule has 3 aliphatic carbocycles. The number of pyridine rings is 1. The molecule has 0 saturated heterocycles. The molecule has 0 radical (unpaired) electrons. The van der Waals surface area contributed by atoms with Crippen molar-refractivity contribution in [1.29, 1.82) is 0 Å². The molecule has 2 heterocycles. The van der Waals surface area contributed by atoms with Crippen LogP contribution in [0.25, 0.3) is 5.65 Å². The third-order valence-electron chi connectivity index (χ3n) is 6.61. The molecule has 6 heteroatoms. The first-order chi connectivity index (χ1) is 13.0. The quantitative estimate of drug-likeness (QED) is 0.506. The second kappa shape index (κ2) is 6.11. The molecule has 0 amide bonds. The Morgan fingerprint density at radius 3 is 2.41 bits per heavy atom. The van der Waals surface area contributed by atoms with Gasteiger partial charge in [0.15, 0.2) is 5.75 Å². The zero-order valence-electron chi connectivity index (χ0n) is 15.2. The molecule has 4 nitrogen and oxygen atoms in total. The van der Waals surface area contributed by atoms with Gasteiger partial charge in [-0.2, -0.15) is 0 Å². The van der Waals surface area contributed by atoms with Crippen LogP contribution in [0.15, 0.2) is 36.5 Å². The zero-order chi connectivity index (χ0) is 18.6. The van der Waals surface area contributed by atoms with E-state index in [0.717, 1.165) is 11.5 Å². The topological polar surface area (TPSA) is 39.4 Å². The van der Waals surface area contributed by atoms with Crippen molar-refractivity contribution in [2.75, 3.05) is 0 Å². The minimum Gasteiger partial charge on any atom is -0.452 e. The fourth-order valence-corrected chi connectivity index (χ4v) is 5.16. The van der Waals surface area contributed by atoms with E-state index < -0.39 is 0 Å². The Morgan fingerprint density at radius 1 is 0.963 bits per heavy atom. The highest BCUT2D eigenvalue weighted by molar-refractivity contribution is 6.35. The second-order valence-electron chi connectivity index (χ2n) is 8.36. The maximum Gasteiger partial charge on any atom is 0.203 e. The van der Waals surface area contributed by atoms with Crippen LogP contribution < -0.4 is 4.74 Å². The zero-order valence-corrected chi connectivity index (χ0v) is 16.7. The van der Waals surface area contributed by atoms with Crippen molar-refractivity contribution >= 4 is 28.8 Å². The van der Waals surface area contributed by atoms with Crippen molar-refractivity contribution in [3.8, 4) is 11.5 Å². The van der Waals surface area contributed by atoms with Gasteiger partial charge in [-0.1, -0.05) is 30.1 Å². The fraction of sp³-hybridized carbons (Fsp3) is 0.429.